The molecule has 7 heteroatoms. The van der Waals surface area contributed by atoms with Gasteiger partial charge in [-0.15, -0.1) is 0 Å². The number of nitrogens with zero attached hydrogens (tertiary/aromatic N) is 6. The van der Waals surface area contributed by atoms with Crippen LogP contribution in [0, 0.1) is 17.2 Å². The van der Waals surface area contributed by atoms with Crippen LogP contribution in [-0.2, 0) is 0 Å². The minimum absolute atomic E-state index is 0.424. The largest absolute Gasteiger partial charge is 0.370 e. The Balaban J connectivity index is 1.52. The zero-order chi connectivity index (χ0) is 17.7. The van der Waals surface area contributed by atoms with Gasteiger partial charge in [0.2, 0.25) is 0 Å². The lowest BCUT2D eigenvalue weighted by Crippen LogP contribution is -2.20. The van der Waals surface area contributed by atoms with Crippen molar-refractivity contribution in [1.82, 2.24) is 19.6 Å². The van der Waals surface area contributed by atoms with Crippen LogP contribution in [0.2, 0.25) is 5.02 Å². The average molecular weight is 367 g/mol. The molecule has 1 atom stereocenters. The SMILES string of the molecule is N#CCC1CCN(c2cc3c(cnn3-c3cnn(C4CC4)c3)cc2Cl)C1. The number of rotatable bonds is 4. The fourth-order valence-electron chi connectivity index (χ4n) is 3.81. The molecule has 1 aliphatic carbocycles. The van der Waals surface area contributed by atoms with Crippen molar-refractivity contribution in [3.63, 3.8) is 0 Å². The van der Waals surface area contributed by atoms with Gasteiger partial charge in [-0.2, -0.15) is 15.5 Å². The van der Waals surface area contributed by atoms with E-state index in [9.17, 15) is 0 Å². The Labute approximate surface area is 156 Å². The number of fused-ring (bicyclic) bond motifs is 1. The highest BCUT2D eigenvalue weighted by atomic mass is 35.5. The van der Waals surface area contributed by atoms with Crippen molar-refractivity contribution in [1.29, 1.82) is 5.26 Å². The Morgan fingerprint density at radius 1 is 1.19 bits per heavy atom. The number of anilines is 1. The highest BCUT2D eigenvalue weighted by molar-refractivity contribution is 6.34. The van der Waals surface area contributed by atoms with Crippen LogP contribution in [0.1, 0.15) is 31.7 Å². The minimum Gasteiger partial charge on any atom is -0.370 e. The Bertz CT molecular complexity index is 1010. The molecule has 0 radical (unpaired) electrons. The number of benzene rings is 1. The zero-order valence-corrected chi connectivity index (χ0v) is 15.1. The zero-order valence-electron chi connectivity index (χ0n) is 14.3. The summed E-state index contributed by atoms with van der Waals surface area (Å²) in [6.07, 6.45) is 9.85. The molecule has 1 aliphatic heterocycles. The summed E-state index contributed by atoms with van der Waals surface area (Å²) in [7, 11) is 0. The van der Waals surface area contributed by atoms with Crippen molar-refractivity contribution in [3.05, 3.63) is 35.7 Å². The second-order valence-electron chi connectivity index (χ2n) is 7.29. The summed E-state index contributed by atoms with van der Waals surface area (Å²) >= 11 is 6.56. The molecule has 0 N–H and O–H groups in total. The molecule has 0 bridgehead atoms. The summed E-state index contributed by atoms with van der Waals surface area (Å²) in [5.74, 6) is 0.424. The van der Waals surface area contributed by atoms with Gasteiger partial charge in [-0.25, -0.2) is 4.68 Å². The first-order valence-electron chi connectivity index (χ1n) is 9.06. The molecule has 2 aromatic heterocycles. The third-order valence-corrected chi connectivity index (χ3v) is 5.70. The highest BCUT2D eigenvalue weighted by Gasteiger charge is 2.26. The van der Waals surface area contributed by atoms with Gasteiger partial charge in [-0.1, -0.05) is 11.6 Å². The Morgan fingerprint density at radius 2 is 2.08 bits per heavy atom. The molecule has 3 heterocycles. The molecule has 1 saturated carbocycles. The van der Waals surface area contributed by atoms with E-state index in [2.05, 4.69) is 33.4 Å². The van der Waals surface area contributed by atoms with E-state index in [-0.39, 0.29) is 0 Å². The Hall–Kier alpha value is -2.52. The van der Waals surface area contributed by atoms with E-state index in [4.69, 9.17) is 16.9 Å². The maximum Gasteiger partial charge on any atom is 0.103 e. The van der Waals surface area contributed by atoms with Crippen molar-refractivity contribution in [2.75, 3.05) is 18.0 Å². The number of hydrogen-bond donors (Lipinski definition) is 0. The maximum atomic E-state index is 8.95. The number of nitriles is 1. The lowest BCUT2D eigenvalue weighted by molar-refractivity contribution is 0.606. The van der Waals surface area contributed by atoms with Crippen LogP contribution in [0.4, 0.5) is 5.69 Å². The van der Waals surface area contributed by atoms with Gasteiger partial charge in [0.05, 0.1) is 46.9 Å². The van der Waals surface area contributed by atoms with E-state index in [0.717, 1.165) is 46.8 Å². The Morgan fingerprint density at radius 3 is 2.88 bits per heavy atom. The fourth-order valence-corrected chi connectivity index (χ4v) is 4.10. The van der Waals surface area contributed by atoms with Gasteiger partial charge in [0.25, 0.3) is 0 Å². The second-order valence-corrected chi connectivity index (χ2v) is 7.70. The van der Waals surface area contributed by atoms with Crippen LogP contribution in [0.3, 0.4) is 0 Å². The van der Waals surface area contributed by atoms with Gasteiger partial charge in [-0.05, 0) is 37.3 Å². The molecular weight excluding hydrogens is 348 g/mol. The summed E-state index contributed by atoms with van der Waals surface area (Å²) in [4.78, 5) is 2.29. The molecule has 2 aliphatic rings. The maximum absolute atomic E-state index is 8.95. The predicted molar refractivity (Wildman–Crippen MR) is 101 cm³/mol. The van der Waals surface area contributed by atoms with Crippen LogP contribution in [0.25, 0.3) is 16.6 Å². The lowest BCUT2D eigenvalue weighted by Gasteiger charge is -2.20. The van der Waals surface area contributed by atoms with E-state index >= 15 is 0 Å². The normalized spacial score (nSPS) is 20.0. The third kappa shape index (κ3) is 2.63. The smallest absolute Gasteiger partial charge is 0.103 e. The van der Waals surface area contributed by atoms with Crippen LogP contribution in [-0.4, -0.2) is 32.7 Å². The fraction of sp³-hybridized carbons (Fsp3) is 0.421. The van der Waals surface area contributed by atoms with Gasteiger partial charge in [0, 0.05) is 24.9 Å². The second kappa shape index (κ2) is 6.03. The van der Waals surface area contributed by atoms with Crippen LogP contribution < -0.4 is 4.90 Å². The van der Waals surface area contributed by atoms with Crippen molar-refractivity contribution in [2.45, 2.75) is 31.7 Å². The van der Waals surface area contributed by atoms with E-state index in [1.54, 1.807) is 0 Å². The van der Waals surface area contributed by atoms with E-state index < -0.39 is 0 Å². The molecule has 1 unspecified atom stereocenters. The third-order valence-electron chi connectivity index (χ3n) is 5.40. The van der Waals surface area contributed by atoms with Crippen molar-refractivity contribution < 1.29 is 0 Å². The number of aromatic nitrogens is 4. The van der Waals surface area contributed by atoms with E-state index in [0.29, 0.717) is 18.4 Å². The summed E-state index contributed by atoms with van der Waals surface area (Å²) in [5, 5.41) is 19.7. The summed E-state index contributed by atoms with van der Waals surface area (Å²) in [5.41, 5.74) is 3.03. The first kappa shape index (κ1) is 15.7. The highest BCUT2D eigenvalue weighted by Crippen LogP contribution is 2.36. The van der Waals surface area contributed by atoms with Gasteiger partial charge in [0.15, 0.2) is 0 Å². The summed E-state index contributed by atoms with van der Waals surface area (Å²) in [6.45, 7) is 1.82. The van der Waals surface area contributed by atoms with Gasteiger partial charge < -0.3 is 4.90 Å². The summed E-state index contributed by atoms with van der Waals surface area (Å²) < 4.78 is 3.97. The molecule has 6 nitrogen and oxygen atoms in total. The molecule has 0 amide bonds. The van der Waals surface area contributed by atoms with Crippen LogP contribution in [0.5, 0.6) is 0 Å². The summed E-state index contributed by atoms with van der Waals surface area (Å²) in [6, 6.07) is 6.94. The number of halogens is 1. The molecule has 2 fully saturated rings. The van der Waals surface area contributed by atoms with Crippen molar-refractivity contribution in [3.8, 4) is 11.8 Å². The molecule has 0 spiro atoms. The van der Waals surface area contributed by atoms with Crippen molar-refractivity contribution in [2.24, 2.45) is 5.92 Å². The van der Waals surface area contributed by atoms with Crippen LogP contribution in [0.15, 0.2) is 30.7 Å². The molecule has 5 rings (SSSR count). The monoisotopic (exact) mass is 366 g/mol. The first-order chi connectivity index (χ1) is 12.7. The van der Waals surface area contributed by atoms with Gasteiger partial charge in [0.1, 0.15) is 5.69 Å². The first-order valence-corrected chi connectivity index (χ1v) is 9.44. The molecule has 132 valence electrons. The van der Waals surface area contributed by atoms with Crippen molar-refractivity contribution >= 4 is 28.2 Å². The molecule has 1 saturated heterocycles. The average Bonchev–Trinajstić information content (AvgIpc) is 3.04. The number of hydrogen-bond acceptors (Lipinski definition) is 4. The topological polar surface area (TPSA) is 62.7 Å². The van der Waals surface area contributed by atoms with Gasteiger partial charge >= 0.3 is 0 Å². The minimum atomic E-state index is 0.424. The Kier molecular flexibility index (Phi) is 3.64. The molecular formula is C19H19ClN6. The molecule has 26 heavy (non-hydrogen) atoms. The van der Waals surface area contributed by atoms with E-state index in [1.807, 2.05) is 27.8 Å². The molecule has 1 aromatic carbocycles. The quantitative estimate of drug-likeness (QED) is 0.701. The van der Waals surface area contributed by atoms with E-state index in [1.165, 1.54) is 12.8 Å². The predicted octanol–water partition coefficient (Wildman–Crippen LogP) is 3.95. The van der Waals surface area contributed by atoms with Gasteiger partial charge in [-0.3, -0.25) is 4.68 Å². The lowest BCUT2D eigenvalue weighted by atomic mass is 10.1. The van der Waals surface area contributed by atoms with Crippen LogP contribution >= 0.6 is 11.6 Å². The standard InChI is InChI=1S/C19H19ClN6/c20-17-7-14-9-23-26(16-10-22-25(12-16)15-1-2-15)18(14)8-19(17)24-6-4-13(11-24)3-5-21/h7-10,12-13,15H,1-4,6,11H2. The molecule has 3 aromatic rings.